The molecule has 0 atom stereocenters. The molecule has 0 fully saturated rings. The van der Waals surface area contributed by atoms with Crippen molar-refractivity contribution in [2.45, 2.75) is 20.5 Å². The number of ether oxygens (including phenoxy) is 1. The van der Waals surface area contributed by atoms with Crippen molar-refractivity contribution in [2.24, 2.45) is 0 Å². The van der Waals surface area contributed by atoms with Gasteiger partial charge >= 0.3 is 0 Å². The topological polar surface area (TPSA) is 34.2 Å². The molecular weight excluding hydrogens is 224 g/mol. The molecule has 94 valence electrons. The Balaban J connectivity index is 2.08. The first kappa shape index (κ1) is 12.4. The van der Waals surface area contributed by atoms with Crippen molar-refractivity contribution in [1.29, 1.82) is 0 Å². The summed E-state index contributed by atoms with van der Waals surface area (Å²) in [6, 6.07) is 10.1. The van der Waals surface area contributed by atoms with Gasteiger partial charge in [0, 0.05) is 18.9 Å². The lowest BCUT2D eigenvalue weighted by molar-refractivity contribution is 0.299. The molecule has 18 heavy (non-hydrogen) atoms. The van der Waals surface area contributed by atoms with Gasteiger partial charge in [-0.1, -0.05) is 12.1 Å². The molecule has 0 aliphatic rings. The zero-order chi connectivity index (χ0) is 13.0. The maximum Gasteiger partial charge on any atom is 0.130 e. The molecule has 0 radical (unpaired) electrons. The van der Waals surface area contributed by atoms with Gasteiger partial charge in [-0.15, -0.1) is 0 Å². The molecule has 0 spiro atoms. The summed E-state index contributed by atoms with van der Waals surface area (Å²) in [6.45, 7) is 4.60. The average molecular weight is 242 g/mol. The van der Waals surface area contributed by atoms with E-state index in [0.29, 0.717) is 6.61 Å². The fraction of sp³-hybridized carbons (Fsp3) is 0.267. The van der Waals surface area contributed by atoms with Crippen LogP contribution in [0.25, 0.3) is 0 Å². The van der Waals surface area contributed by atoms with Gasteiger partial charge in [0.05, 0.1) is 5.69 Å². The summed E-state index contributed by atoms with van der Waals surface area (Å²) in [5.74, 6) is 0.923. The van der Waals surface area contributed by atoms with Crippen LogP contribution < -0.4 is 10.1 Å². The molecule has 3 heteroatoms. The first-order valence-electron chi connectivity index (χ1n) is 6.02. The van der Waals surface area contributed by atoms with E-state index in [1.54, 1.807) is 6.20 Å². The van der Waals surface area contributed by atoms with Gasteiger partial charge in [0.1, 0.15) is 12.4 Å². The molecule has 1 N–H and O–H groups in total. The van der Waals surface area contributed by atoms with E-state index in [4.69, 9.17) is 4.74 Å². The number of nitrogens with zero attached hydrogens (tertiary/aromatic N) is 1. The van der Waals surface area contributed by atoms with Crippen LogP contribution in [0.2, 0.25) is 0 Å². The zero-order valence-electron chi connectivity index (χ0n) is 11.0. The second kappa shape index (κ2) is 5.54. The van der Waals surface area contributed by atoms with Gasteiger partial charge in [0.25, 0.3) is 0 Å². The van der Waals surface area contributed by atoms with Gasteiger partial charge in [0.2, 0.25) is 0 Å². The standard InChI is InChI=1S/C15H18N2O/c1-11-4-5-12(2)15(8-11)18-10-14-9-13(16-3)6-7-17-14/h4-9H,10H2,1-3H3,(H,16,17). The fourth-order valence-electron chi connectivity index (χ4n) is 1.73. The van der Waals surface area contributed by atoms with Crippen LogP contribution in [0.1, 0.15) is 16.8 Å². The van der Waals surface area contributed by atoms with Gasteiger partial charge in [-0.25, -0.2) is 0 Å². The van der Waals surface area contributed by atoms with Gasteiger partial charge in [0.15, 0.2) is 0 Å². The lowest BCUT2D eigenvalue weighted by Crippen LogP contribution is -2.00. The van der Waals surface area contributed by atoms with E-state index in [1.807, 2.05) is 26.1 Å². The monoisotopic (exact) mass is 242 g/mol. The summed E-state index contributed by atoms with van der Waals surface area (Å²) in [5.41, 5.74) is 4.31. The fourth-order valence-corrected chi connectivity index (χ4v) is 1.73. The molecule has 0 saturated carbocycles. The quantitative estimate of drug-likeness (QED) is 0.893. The summed E-state index contributed by atoms with van der Waals surface area (Å²) in [4.78, 5) is 4.29. The van der Waals surface area contributed by atoms with Crippen LogP contribution in [0, 0.1) is 13.8 Å². The Morgan fingerprint density at radius 3 is 2.78 bits per heavy atom. The van der Waals surface area contributed by atoms with Crippen molar-refractivity contribution in [2.75, 3.05) is 12.4 Å². The summed E-state index contributed by atoms with van der Waals surface area (Å²) in [7, 11) is 1.89. The van der Waals surface area contributed by atoms with Crippen molar-refractivity contribution in [1.82, 2.24) is 4.98 Å². The second-order valence-corrected chi connectivity index (χ2v) is 4.34. The molecule has 0 unspecified atom stereocenters. The van der Waals surface area contributed by atoms with E-state index in [0.717, 1.165) is 22.7 Å². The van der Waals surface area contributed by atoms with E-state index in [-0.39, 0.29) is 0 Å². The van der Waals surface area contributed by atoms with Gasteiger partial charge in [-0.05, 0) is 43.2 Å². The van der Waals surface area contributed by atoms with Crippen molar-refractivity contribution >= 4 is 5.69 Å². The third-order valence-corrected chi connectivity index (χ3v) is 2.82. The Labute approximate surface area is 108 Å². The normalized spacial score (nSPS) is 10.2. The van der Waals surface area contributed by atoms with Crippen LogP contribution in [0.15, 0.2) is 36.5 Å². The van der Waals surface area contributed by atoms with Crippen LogP contribution in [0.5, 0.6) is 5.75 Å². The maximum atomic E-state index is 5.81. The first-order valence-corrected chi connectivity index (χ1v) is 6.02. The number of rotatable bonds is 4. The van der Waals surface area contributed by atoms with E-state index >= 15 is 0 Å². The van der Waals surface area contributed by atoms with Crippen molar-refractivity contribution in [3.8, 4) is 5.75 Å². The Morgan fingerprint density at radius 2 is 2.00 bits per heavy atom. The summed E-state index contributed by atoms with van der Waals surface area (Å²) < 4.78 is 5.81. The minimum Gasteiger partial charge on any atom is -0.487 e. The van der Waals surface area contributed by atoms with Crippen LogP contribution in [-0.4, -0.2) is 12.0 Å². The van der Waals surface area contributed by atoms with Gasteiger partial charge < -0.3 is 10.1 Å². The molecule has 1 heterocycles. The predicted octanol–water partition coefficient (Wildman–Crippen LogP) is 3.32. The first-order chi connectivity index (χ1) is 8.69. The lowest BCUT2D eigenvalue weighted by Gasteiger charge is -2.10. The lowest BCUT2D eigenvalue weighted by atomic mass is 10.1. The summed E-state index contributed by atoms with van der Waals surface area (Å²) in [6.07, 6.45) is 1.79. The number of hydrogen-bond acceptors (Lipinski definition) is 3. The molecule has 0 amide bonds. The Kier molecular flexibility index (Phi) is 3.82. The second-order valence-electron chi connectivity index (χ2n) is 4.34. The SMILES string of the molecule is CNc1ccnc(COc2cc(C)ccc2C)c1. The molecule has 1 aromatic carbocycles. The van der Waals surface area contributed by atoms with Crippen molar-refractivity contribution in [3.05, 3.63) is 53.3 Å². The molecule has 2 aromatic rings. The predicted molar refractivity (Wildman–Crippen MR) is 74.0 cm³/mol. The van der Waals surface area contributed by atoms with Crippen LogP contribution in [0.3, 0.4) is 0 Å². The van der Waals surface area contributed by atoms with Crippen molar-refractivity contribution < 1.29 is 4.74 Å². The van der Waals surface area contributed by atoms with Gasteiger partial charge in [-0.2, -0.15) is 0 Å². The Hall–Kier alpha value is -2.03. The number of aromatic nitrogens is 1. The van der Waals surface area contributed by atoms with Crippen molar-refractivity contribution in [3.63, 3.8) is 0 Å². The minimum absolute atomic E-state index is 0.486. The van der Waals surface area contributed by atoms with Gasteiger partial charge in [-0.3, -0.25) is 4.98 Å². The smallest absolute Gasteiger partial charge is 0.130 e. The van der Waals surface area contributed by atoms with Crippen LogP contribution >= 0.6 is 0 Å². The number of benzene rings is 1. The third-order valence-electron chi connectivity index (χ3n) is 2.82. The minimum atomic E-state index is 0.486. The zero-order valence-corrected chi connectivity index (χ0v) is 11.0. The highest BCUT2D eigenvalue weighted by molar-refractivity contribution is 5.42. The van der Waals surface area contributed by atoms with Crippen LogP contribution in [0.4, 0.5) is 5.69 Å². The summed E-state index contributed by atoms with van der Waals surface area (Å²) in [5, 5.41) is 3.09. The molecule has 0 aliphatic carbocycles. The number of pyridine rings is 1. The number of hydrogen-bond donors (Lipinski definition) is 1. The van der Waals surface area contributed by atoms with Crippen LogP contribution in [-0.2, 0) is 6.61 Å². The summed E-state index contributed by atoms with van der Waals surface area (Å²) >= 11 is 0. The largest absolute Gasteiger partial charge is 0.487 e. The Bertz CT molecular complexity index is 538. The molecule has 3 nitrogen and oxygen atoms in total. The number of aryl methyl sites for hydroxylation is 2. The van der Waals surface area contributed by atoms with E-state index in [1.165, 1.54) is 5.56 Å². The average Bonchev–Trinajstić information content (AvgIpc) is 2.40. The Morgan fingerprint density at radius 1 is 1.17 bits per heavy atom. The molecule has 2 rings (SSSR count). The number of nitrogens with one attached hydrogen (secondary N) is 1. The molecule has 0 bridgehead atoms. The number of anilines is 1. The highest BCUT2D eigenvalue weighted by atomic mass is 16.5. The van der Waals surface area contributed by atoms with E-state index in [9.17, 15) is 0 Å². The highest BCUT2D eigenvalue weighted by Crippen LogP contribution is 2.20. The molecule has 0 saturated heterocycles. The molecular formula is C15H18N2O. The van der Waals surface area contributed by atoms with E-state index < -0.39 is 0 Å². The molecule has 1 aromatic heterocycles. The third kappa shape index (κ3) is 3.00. The molecule has 0 aliphatic heterocycles. The van der Waals surface area contributed by atoms with E-state index in [2.05, 4.69) is 35.4 Å². The highest BCUT2D eigenvalue weighted by Gasteiger charge is 2.02. The maximum absolute atomic E-state index is 5.81.